The monoisotopic (exact) mass is 285 g/mol. The van der Waals surface area contributed by atoms with Gasteiger partial charge in [0.1, 0.15) is 0 Å². The maximum atomic E-state index is 11.7. The number of aromatic nitrogens is 1. The van der Waals surface area contributed by atoms with E-state index in [4.69, 9.17) is 5.84 Å². The Morgan fingerprint density at radius 3 is 3.00 bits per heavy atom. The highest BCUT2D eigenvalue weighted by Gasteiger charge is 2.13. The number of nitrogens with one attached hydrogen (secondary N) is 1. The van der Waals surface area contributed by atoms with E-state index in [0.29, 0.717) is 11.4 Å². The number of hydrogen-bond donors (Lipinski definition) is 2. The van der Waals surface area contributed by atoms with Crippen molar-refractivity contribution in [2.45, 2.75) is 13.5 Å². The van der Waals surface area contributed by atoms with Gasteiger partial charge in [-0.1, -0.05) is 12.1 Å². The summed E-state index contributed by atoms with van der Waals surface area (Å²) in [5, 5.41) is 3.12. The molecule has 3 aromatic rings. The van der Waals surface area contributed by atoms with Gasteiger partial charge in [-0.15, -0.1) is 11.3 Å². The molecule has 0 radical (unpaired) electrons. The number of carbonyl (C=O) groups excluding carboxylic acids is 1. The molecule has 0 aliphatic rings. The maximum absolute atomic E-state index is 11.7. The molecule has 0 atom stereocenters. The van der Waals surface area contributed by atoms with Gasteiger partial charge in [0.2, 0.25) is 0 Å². The smallest absolute Gasteiger partial charge is 0.275 e. The van der Waals surface area contributed by atoms with Crippen LogP contribution in [0.3, 0.4) is 0 Å². The fourth-order valence-electron chi connectivity index (χ4n) is 2.34. The van der Waals surface area contributed by atoms with Crippen molar-refractivity contribution in [2.24, 2.45) is 5.84 Å². The van der Waals surface area contributed by atoms with Crippen LogP contribution in [0.1, 0.15) is 20.8 Å². The number of thiophene rings is 1. The first-order valence-electron chi connectivity index (χ1n) is 6.32. The number of fused-ring (bicyclic) bond motifs is 1. The van der Waals surface area contributed by atoms with E-state index in [0.717, 1.165) is 5.56 Å². The van der Waals surface area contributed by atoms with Crippen LogP contribution in [0, 0.1) is 6.92 Å². The van der Waals surface area contributed by atoms with Crippen LogP contribution in [-0.2, 0) is 6.54 Å². The standard InChI is InChI=1S/C15H15N3OS/c1-10-2-3-11-4-6-18(13(11)8-10)9-12-5-7-20-14(12)15(19)17-16/h2-8H,9,16H2,1H3,(H,17,19). The lowest BCUT2D eigenvalue weighted by Gasteiger charge is -2.07. The minimum atomic E-state index is -0.234. The molecule has 4 nitrogen and oxygen atoms in total. The van der Waals surface area contributed by atoms with E-state index in [1.54, 1.807) is 0 Å². The van der Waals surface area contributed by atoms with Gasteiger partial charge in [-0.25, -0.2) is 5.84 Å². The number of hydrogen-bond acceptors (Lipinski definition) is 3. The van der Waals surface area contributed by atoms with E-state index < -0.39 is 0 Å². The molecule has 0 aliphatic heterocycles. The predicted octanol–water partition coefficient (Wildman–Crippen LogP) is 2.66. The number of nitrogens with two attached hydrogens (primary N) is 1. The molecule has 0 unspecified atom stereocenters. The van der Waals surface area contributed by atoms with Crippen LogP contribution in [0.4, 0.5) is 0 Å². The van der Waals surface area contributed by atoms with Gasteiger partial charge >= 0.3 is 0 Å². The minimum Gasteiger partial charge on any atom is -0.343 e. The molecule has 0 bridgehead atoms. The molecule has 2 aromatic heterocycles. The van der Waals surface area contributed by atoms with Gasteiger partial charge in [0.15, 0.2) is 0 Å². The fraction of sp³-hybridized carbons (Fsp3) is 0.133. The van der Waals surface area contributed by atoms with Gasteiger partial charge < -0.3 is 4.57 Å². The molecule has 102 valence electrons. The molecule has 3 rings (SSSR count). The molecule has 1 aromatic carbocycles. The maximum Gasteiger partial charge on any atom is 0.275 e. The third kappa shape index (κ3) is 2.21. The number of nitrogen functional groups attached to an aromatic ring is 1. The highest BCUT2D eigenvalue weighted by atomic mass is 32.1. The Bertz CT molecular complexity index is 772. The third-order valence-corrected chi connectivity index (χ3v) is 4.31. The number of carbonyl (C=O) groups is 1. The van der Waals surface area contributed by atoms with Crippen molar-refractivity contribution in [1.82, 2.24) is 9.99 Å². The average Bonchev–Trinajstić information content (AvgIpc) is 3.06. The number of amides is 1. The second-order valence-corrected chi connectivity index (χ2v) is 5.67. The Kier molecular flexibility index (Phi) is 3.30. The van der Waals surface area contributed by atoms with Crippen molar-refractivity contribution < 1.29 is 4.79 Å². The minimum absolute atomic E-state index is 0.234. The van der Waals surface area contributed by atoms with Crippen LogP contribution in [0.15, 0.2) is 41.9 Å². The van der Waals surface area contributed by atoms with Crippen LogP contribution in [0.2, 0.25) is 0 Å². The summed E-state index contributed by atoms with van der Waals surface area (Å²) in [6.45, 7) is 2.74. The molecule has 0 aliphatic carbocycles. The summed E-state index contributed by atoms with van der Waals surface area (Å²) in [5.74, 6) is 4.98. The molecule has 0 saturated carbocycles. The zero-order chi connectivity index (χ0) is 14.1. The Morgan fingerprint density at radius 2 is 2.20 bits per heavy atom. The van der Waals surface area contributed by atoms with E-state index >= 15 is 0 Å². The topological polar surface area (TPSA) is 60.0 Å². The SMILES string of the molecule is Cc1ccc2ccn(Cc3ccsc3C(=O)NN)c2c1. The Balaban J connectivity index is 2.00. The van der Waals surface area contributed by atoms with Crippen LogP contribution < -0.4 is 11.3 Å². The second-order valence-electron chi connectivity index (χ2n) is 4.75. The first kappa shape index (κ1) is 12.9. The first-order chi connectivity index (χ1) is 9.69. The number of hydrazine groups is 1. The molecule has 3 N–H and O–H groups in total. The lowest BCUT2D eigenvalue weighted by Crippen LogP contribution is -2.30. The van der Waals surface area contributed by atoms with Gasteiger partial charge in [0.05, 0.1) is 4.88 Å². The van der Waals surface area contributed by atoms with Crippen LogP contribution in [-0.4, -0.2) is 10.5 Å². The van der Waals surface area contributed by atoms with E-state index in [-0.39, 0.29) is 5.91 Å². The molecule has 2 heterocycles. The summed E-state index contributed by atoms with van der Waals surface area (Å²) in [6, 6.07) is 10.4. The van der Waals surface area contributed by atoms with Crippen molar-refractivity contribution in [2.75, 3.05) is 0 Å². The van der Waals surface area contributed by atoms with Gasteiger partial charge in [0.25, 0.3) is 5.91 Å². The van der Waals surface area contributed by atoms with E-state index in [1.165, 1.54) is 27.8 Å². The van der Waals surface area contributed by atoms with Crippen molar-refractivity contribution in [3.63, 3.8) is 0 Å². The van der Waals surface area contributed by atoms with Crippen LogP contribution in [0.5, 0.6) is 0 Å². The summed E-state index contributed by atoms with van der Waals surface area (Å²) >= 11 is 1.41. The van der Waals surface area contributed by atoms with Crippen molar-refractivity contribution in [3.8, 4) is 0 Å². The molecule has 0 saturated heterocycles. The fourth-order valence-corrected chi connectivity index (χ4v) is 3.16. The molecule has 5 heteroatoms. The first-order valence-corrected chi connectivity index (χ1v) is 7.20. The van der Waals surface area contributed by atoms with Crippen molar-refractivity contribution in [3.05, 3.63) is 57.9 Å². The average molecular weight is 285 g/mol. The quantitative estimate of drug-likeness (QED) is 0.441. The molecule has 20 heavy (non-hydrogen) atoms. The predicted molar refractivity (Wildman–Crippen MR) is 81.7 cm³/mol. The lowest BCUT2D eigenvalue weighted by molar-refractivity contribution is 0.0957. The highest BCUT2D eigenvalue weighted by molar-refractivity contribution is 7.12. The van der Waals surface area contributed by atoms with Gasteiger partial charge in [-0.3, -0.25) is 10.2 Å². The van der Waals surface area contributed by atoms with Crippen molar-refractivity contribution in [1.29, 1.82) is 0 Å². The normalized spacial score (nSPS) is 10.9. The summed E-state index contributed by atoms with van der Waals surface area (Å²) in [7, 11) is 0. The summed E-state index contributed by atoms with van der Waals surface area (Å²) in [6.07, 6.45) is 2.05. The number of aryl methyl sites for hydroxylation is 1. The van der Waals surface area contributed by atoms with Gasteiger partial charge in [0, 0.05) is 18.3 Å². The molecular weight excluding hydrogens is 270 g/mol. The van der Waals surface area contributed by atoms with E-state index in [1.807, 2.05) is 17.6 Å². The molecule has 0 fully saturated rings. The largest absolute Gasteiger partial charge is 0.343 e. The lowest BCUT2D eigenvalue weighted by atomic mass is 10.2. The third-order valence-electron chi connectivity index (χ3n) is 3.35. The summed E-state index contributed by atoms with van der Waals surface area (Å²) < 4.78 is 2.15. The zero-order valence-corrected chi connectivity index (χ0v) is 11.9. The van der Waals surface area contributed by atoms with E-state index in [9.17, 15) is 4.79 Å². The van der Waals surface area contributed by atoms with Crippen LogP contribution in [0.25, 0.3) is 10.9 Å². The Morgan fingerprint density at radius 1 is 1.35 bits per heavy atom. The molecular formula is C15H15N3OS. The zero-order valence-electron chi connectivity index (χ0n) is 11.1. The Labute approximate surface area is 120 Å². The van der Waals surface area contributed by atoms with Gasteiger partial charge in [-0.2, -0.15) is 0 Å². The van der Waals surface area contributed by atoms with Crippen molar-refractivity contribution >= 4 is 28.1 Å². The second kappa shape index (κ2) is 5.11. The van der Waals surface area contributed by atoms with Gasteiger partial charge in [-0.05, 0) is 47.0 Å². The highest BCUT2D eigenvalue weighted by Crippen LogP contribution is 2.22. The number of rotatable bonds is 3. The molecule has 1 amide bonds. The molecule has 0 spiro atoms. The summed E-state index contributed by atoms with van der Waals surface area (Å²) in [4.78, 5) is 12.4. The van der Waals surface area contributed by atoms with Crippen LogP contribution >= 0.6 is 11.3 Å². The number of nitrogens with zero attached hydrogens (tertiary/aromatic N) is 1. The Hall–Kier alpha value is -2.11. The van der Waals surface area contributed by atoms with E-state index in [2.05, 4.69) is 41.2 Å². The summed E-state index contributed by atoms with van der Waals surface area (Å²) in [5.41, 5.74) is 5.58. The number of benzene rings is 1.